The molecule has 102 valence electrons. The second-order valence-electron chi connectivity index (χ2n) is 4.21. The highest BCUT2D eigenvalue weighted by atomic mass is 79.9. The predicted octanol–water partition coefficient (Wildman–Crippen LogP) is 3.22. The minimum absolute atomic E-state index is 0.183. The van der Waals surface area contributed by atoms with Crippen LogP contribution in [-0.4, -0.2) is 21.8 Å². The molecule has 0 saturated heterocycles. The lowest BCUT2D eigenvalue weighted by atomic mass is 10.0. The van der Waals surface area contributed by atoms with Gasteiger partial charge in [-0.25, -0.2) is 4.98 Å². The normalized spacial score (nSPS) is 12.6. The summed E-state index contributed by atoms with van der Waals surface area (Å²) < 4.78 is 2.82. The molecule has 1 atom stereocenters. The zero-order chi connectivity index (χ0) is 13.8. The van der Waals surface area contributed by atoms with E-state index in [-0.39, 0.29) is 6.04 Å². The van der Waals surface area contributed by atoms with Crippen molar-refractivity contribution in [2.75, 3.05) is 7.05 Å². The highest BCUT2D eigenvalue weighted by Crippen LogP contribution is 2.27. The van der Waals surface area contributed by atoms with Gasteiger partial charge < -0.3 is 5.32 Å². The van der Waals surface area contributed by atoms with Gasteiger partial charge in [0.15, 0.2) is 0 Å². The maximum absolute atomic E-state index is 6.03. The predicted molar refractivity (Wildman–Crippen MR) is 80.4 cm³/mol. The first-order chi connectivity index (χ1) is 9.15. The largest absolute Gasteiger partial charge is 0.313 e. The van der Waals surface area contributed by atoms with Crippen LogP contribution in [0.4, 0.5) is 0 Å². The number of nitrogens with zero attached hydrogens (tertiary/aromatic N) is 3. The molecule has 2 aromatic rings. The lowest BCUT2D eigenvalue weighted by Gasteiger charge is -2.17. The van der Waals surface area contributed by atoms with Crippen molar-refractivity contribution in [2.24, 2.45) is 0 Å². The quantitative estimate of drug-likeness (QED) is 0.906. The highest BCUT2D eigenvalue weighted by Gasteiger charge is 2.14. The van der Waals surface area contributed by atoms with Crippen LogP contribution < -0.4 is 5.32 Å². The highest BCUT2D eigenvalue weighted by molar-refractivity contribution is 9.10. The fourth-order valence-electron chi connectivity index (χ4n) is 2.01. The van der Waals surface area contributed by atoms with Crippen molar-refractivity contribution < 1.29 is 0 Å². The third-order valence-electron chi connectivity index (χ3n) is 3.08. The Labute approximate surface area is 126 Å². The maximum atomic E-state index is 6.03. The SMILES string of the molecule is CCn1ncnc1CC(NC)c1ccc(Cl)c(Br)c1. The summed E-state index contributed by atoms with van der Waals surface area (Å²) in [6.45, 7) is 2.89. The zero-order valence-electron chi connectivity index (χ0n) is 10.9. The molecule has 0 fully saturated rings. The van der Waals surface area contributed by atoms with Gasteiger partial charge in [0.2, 0.25) is 0 Å². The molecule has 0 aliphatic carbocycles. The van der Waals surface area contributed by atoms with Gasteiger partial charge in [-0.05, 0) is 47.6 Å². The molecule has 0 aliphatic rings. The molecular formula is C13H16BrClN4. The third kappa shape index (κ3) is 3.35. The molecule has 19 heavy (non-hydrogen) atoms. The monoisotopic (exact) mass is 342 g/mol. The van der Waals surface area contributed by atoms with E-state index in [0.29, 0.717) is 0 Å². The fraction of sp³-hybridized carbons (Fsp3) is 0.385. The lowest BCUT2D eigenvalue weighted by molar-refractivity contribution is 0.533. The molecular weight excluding hydrogens is 328 g/mol. The zero-order valence-corrected chi connectivity index (χ0v) is 13.2. The number of aromatic nitrogens is 3. The second kappa shape index (κ2) is 6.50. The van der Waals surface area contributed by atoms with Crippen LogP contribution in [0.3, 0.4) is 0 Å². The van der Waals surface area contributed by atoms with Crippen molar-refractivity contribution in [3.8, 4) is 0 Å². The van der Waals surface area contributed by atoms with Gasteiger partial charge in [0, 0.05) is 23.5 Å². The van der Waals surface area contributed by atoms with Crippen LogP contribution in [0.5, 0.6) is 0 Å². The van der Waals surface area contributed by atoms with Crippen LogP contribution in [0, 0.1) is 0 Å². The molecule has 1 N–H and O–H groups in total. The van der Waals surface area contributed by atoms with E-state index in [1.165, 1.54) is 5.56 Å². The first-order valence-electron chi connectivity index (χ1n) is 6.14. The van der Waals surface area contributed by atoms with Crippen molar-refractivity contribution in [3.63, 3.8) is 0 Å². The Hall–Kier alpha value is -0.910. The van der Waals surface area contributed by atoms with Gasteiger partial charge in [-0.15, -0.1) is 0 Å². The Bertz CT molecular complexity index is 555. The molecule has 0 radical (unpaired) electrons. The summed E-state index contributed by atoms with van der Waals surface area (Å²) in [5, 5.41) is 8.22. The smallest absolute Gasteiger partial charge is 0.138 e. The van der Waals surface area contributed by atoms with E-state index in [1.807, 2.05) is 29.9 Å². The maximum Gasteiger partial charge on any atom is 0.138 e. The summed E-state index contributed by atoms with van der Waals surface area (Å²) in [5.74, 6) is 0.980. The summed E-state index contributed by atoms with van der Waals surface area (Å²) >= 11 is 9.48. The number of halogens is 2. The molecule has 2 rings (SSSR count). The molecule has 6 heteroatoms. The van der Waals surface area contributed by atoms with Crippen LogP contribution >= 0.6 is 27.5 Å². The minimum Gasteiger partial charge on any atom is -0.313 e. The van der Waals surface area contributed by atoms with E-state index in [2.05, 4.69) is 38.3 Å². The number of rotatable bonds is 5. The average molecular weight is 344 g/mol. The van der Waals surface area contributed by atoms with E-state index in [9.17, 15) is 0 Å². The molecule has 0 bridgehead atoms. The number of nitrogens with one attached hydrogen (secondary N) is 1. The van der Waals surface area contributed by atoms with Crippen LogP contribution in [0.25, 0.3) is 0 Å². The number of hydrogen-bond donors (Lipinski definition) is 1. The Morgan fingerprint density at radius 1 is 1.47 bits per heavy atom. The van der Waals surface area contributed by atoms with Gasteiger partial charge >= 0.3 is 0 Å². The van der Waals surface area contributed by atoms with Gasteiger partial charge in [-0.2, -0.15) is 5.10 Å². The van der Waals surface area contributed by atoms with Gasteiger partial charge in [-0.3, -0.25) is 4.68 Å². The van der Waals surface area contributed by atoms with Gasteiger partial charge in [-0.1, -0.05) is 17.7 Å². The number of benzene rings is 1. The summed E-state index contributed by atoms with van der Waals surface area (Å²) in [6, 6.07) is 6.15. The van der Waals surface area contributed by atoms with Gasteiger partial charge in [0.05, 0.1) is 5.02 Å². The molecule has 0 amide bonds. The van der Waals surface area contributed by atoms with E-state index < -0.39 is 0 Å². The molecule has 0 aliphatic heterocycles. The molecule has 1 unspecified atom stereocenters. The van der Waals surface area contributed by atoms with Gasteiger partial charge in [0.1, 0.15) is 12.2 Å². The Morgan fingerprint density at radius 2 is 2.26 bits per heavy atom. The first-order valence-corrected chi connectivity index (χ1v) is 7.31. The van der Waals surface area contributed by atoms with E-state index in [4.69, 9.17) is 11.6 Å². The Balaban J connectivity index is 2.22. The second-order valence-corrected chi connectivity index (χ2v) is 5.47. The summed E-state index contributed by atoms with van der Waals surface area (Å²) in [7, 11) is 1.94. The topological polar surface area (TPSA) is 42.7 Å². The van der Waals surface area contributed by atoms with Crippen molar-refractivity contribution in [1.29, 1.82) is 0 Å². The van der Waals surface area contributed by atoms with Crippen LogP contribution in [-0.2, 0) is 13.0 Å². The molecule has 4 nitrogen and oxygen atoms in total. The summed E-state index contributed by atoms with van der Waals surface area (Å²) in [5.41, 5.74) is 1.17. The van der Waals surface area contributed by atoms with Crippen LogP contribution in [0.2, 0.25) is 5.02 Å². The van der Waals surface area contributed by atoms with Crippen molar-refractivity contribution in [2.45, 2.75) is 25.9 Å². The molecule has 1 aromatic heterocycles. The Morgan fingerprint density at radius 3 is 2.89 bits per heavy atom. The van der Waals surface area contributed by atoms with E-state index in [0.717, 1.165) is 28.3 Å². The number of hydrogen-bond acceptors (Lipinski definition) is 3. The molecule has 0 spiro atoms. The average Bonchev–Trinajstić information content (AvgIpc) is 2.86. The minimum atomic E-state index is 0.183. The fourth-order valence-corrected chi connectivity index (χ4v) is 2.52. The van der Waals surface area contributed by atoms with Crippen molar-refractivity contribution in [3.05, 3.63) is 45.4 Å². The molecule has 1 aromatic carbocycles. The van der Waals surface area contributed by atoms with Crippen molar-refractivity contribution in [1.82, 2.24) is 20.1 Å². The van der Waals surface area contributed by atoms with Crippen molar-refractivity contribution >= 4 is 27.5 Å². The Kier molecular flexibility index (Phi) is 4.96. The van der Waals surface area contributed by atoms with E-state index >= 15 is 0 Å². The number of aryl methyl sites for hydroxylation is 1. The molecule has 1 heterocycles. The van der Waals surface area contributed by atoms with Gasteiger partial charge in [0.25, 0.3) is 0 Å². The standard InChI is InChI=1S/C13H16BrClN4/c1-3-19-13(17-8-18-19)7-12(16-2)9-4-5-11(15)10(14)6-9/h4-6,8,12,16H,3,7H2,1-2H3. The summed E-state index contributed by atoms with van der Waals surface area (Å²) in [4.78, 5) is 4.31. The third-order valence-corrected chi connectivity index (χ3v) is 4.29. The van der Waals surface area contributed by atoms with Crippen LogP contribution in [0.15, 0.2) is 29.0 Å². The summed E-state index contributed by atoms with van der Waals surface area (Å²) in [6.07, 6.45) is 2.39. The lowest BCUT2D eigenvalue weighted by Crippen LogP contribution is -2.21. The first kappa shape index (κ1) is 14.5. The van der Waals surface area contributed by atoms with Crippen LogP contribution in [0.1, 0.15) is 24.4 Å². The molecule has 0 saturated carbocycles. The van der Waals surface area contributed by atoms with E-state index in [1.54, 1.807) is 6.33 Å². The number of likely N-dealkylation sites (N-methyl/N-ethyl adjacent to an activating group) is 1.